The van der Waals surface area contributed by atoms with Crippen LogP contribution in [-0.4, -0.2) is 29.0 Å². The predicted octanol–water partition coefficient (Wildman–Crippen LogP) is 4.57. The van der Waals surface area contributed by atoms with Crippen LogP contribution in [0.15, 0.2) is 91.1 Å². The smallest absolute Gasteiger partial charge is 0.331 e. The Morgan fingerprint density at radius 2 is 1.70 bits per heavy atom. The van der Waals surface area contributed by atoms with Gasteiger partial charge >= 0.3 is 5.97 Å². The molecule has 0 aliphatic heterocycles. The van der Waals surface area contributed by atoms with Gasteiger partial charge in [0.15, 0.2) is 0 Å². The first kappa shape index (κ1) is 21.7. The van der Waals surface area contributed by atoms with Crippen LogP contribution in [0.5, 0.6) is 5.75 Å². The van der Waals surface area contributed by atoms with E-state index >= 15 is 0 Å². The lowest BCUT2D eigenvalue weighted by Gasteiger charge is -2.17. The molecule has 0 saturated heterocycles. The lowest BCUT2D eigenvalue weighted by Crippen LogP contribution is -2.25. The molecule has 0 aliphatic rings. The van der Waals surface area contributed by atoms with E-state index in [1.54, 1.807) is 61.8 Å². The summed E-state index contributed by atoms with van der Waals surface area (Å²) >= 11 is 0. The lowest BCUT2D eigenvalue weighted by atomic mass is 10.1. The number of nitrogens with one attached hydrogen (secondary N) is 1. The standard InChI is InChI=1S/C26H21N3O4/c1-32-21-11-7-10-19(16-21)29-26(31)25(18-8-3-2-4-9-18)33-24(30)15-14-20-17-27-22-12-5-6-13-23(22)28-20/h2-17,25H,1H3,(H,29,31)/b15-14+/t25-/m1/s1. The van der Waals surface area contributed by atoms with Crippen LogP contribution in [0, 0.1) is 0 Å². The zero-order valence-corrected chi connectivity index (χ0v) is 17.8. The number of nitrogens with zero attached hydrogens (tertiary/aromatic N) is 2. The highest BCUT2D eigenvalue weighted by atomic mass is 16.5. The lowest BCUT2D eigenvalue weighted by molar-refractivity contribution is -0.149. The molecule has 0 spiro atoms. The average Bonchev–Trinajstić information content (AvgIpc) is 2.86. The maximum absolute atomic E-state index is 13.0. The summed E-state index contributed by atoms with van der Waals surface area (Å²) in [7, 11) is 1.54. The van der Waals surface area contributed by atoms with Gasteiger partial charge in [0.25, 0.3) is 5.91 Å². The Kier molecular flexibility index (Phi) is 6.70. The van der Waals surface area contributed by atoms with E-state index in [-0.39, 0.29) is 0 Å². The van der Waals surface area contributed by atoms with Crippen molar-refractivity contribution in [3.8, 4) is 5.75 Å². The second kappa shape index (κ2) is 10.2. The Hall–Kier alpha value is -4.52. The van der Waals surface area contributed by atoms with E-state index < -0.39 is 18.0 Å². The van der Waals surface area contributed by atoms with Crippen LogP contribution >= 0.6 is 0 Å². The van der Waals surface area contributed by atoms with Crippen LogP contribution in [0.4, 0.5) is 5.69 Å². The summed E-state index contributed by atoms with van der Waals surface area (Å²) < 4.78 is 10.7. The molecule has 1 atom stereocenters. The van der Waals surface area contributed by atoms with Crippen LogP contribution in [0.1, 0.15) is 17.4 Å². The summed E-state index contributed by atoms with van der Waals surface area (Å²) in [6.45, 7) is 0. The van der Waals surface area contributed by atoms with E-state index in [0.717, 1.165) is 5.52 Å². The second-order valence-electron chi connectivity index (χ2n) is 7.07. The molecule has 0 bridgehead atoms. The van der Waals surface area contributed by atoms with Gasteiger partial charge in [-0.05, 0) is 30.3 Å². The summed E-state index contributed by atoms with van der Waals surface area (Å²) in [5.41, 5.74) is 3.05. The molecule has 1 heterocycles. The van der Waals surface area contributed by atoms with Crippen molar-refractivity contribution in [1.82, 2.24) is 9.97 Å². The third-order valence-electron chi connectivity index (χ3n) is 4.77. The third kappa shape index (κ3) is 5.59. The highest BCUT2D eigenvalue weighted by Crippen LogP contribution is 2.22. The van der Waals surface area contributed by atoms with Gasteiger partial charge in [-0.3, -0.25) is 9.78 Å². The molecular formula is C26H21N3O4. The van der Waals surface area contributed by atoms with E-state index in [2.05, 4.69) is 15.3 Å². The highest BCUT2D eigenvalue weighted by molar-refractivity contribution is 5.97. The molecule has 4 rings (SSSR count). The summed E-state index contributed by atoms with van der Waals surface area (Å²) in [5, 5.41) is 2.77. The number of carbonyl (C=O) groups is 2. The van der Waals surface area contributed by atoms with Crippen LogP contribution < -0.4 is 10.1 Å². The number of esters is 1. The predicted molar refractivity (Wildman–Crippen MR) is 125 cm³/mol. The van der Waals surface area contributed by atoms with Crippen LogP contribution in [-0.2, 0) is 14.3 Å². The largest absolute Gasteiger partial charge is 0.497 e. The number of carbonyl (C=O) groups excluding carboxylic acids is 2. The van der Waals surface area contributed by atoms with Crippen molar-refractivity contribution in [1.29, 1.82) is 0 Å². The summed E-state index contributed by atoms with van der Waals surface area (Å²) in [4.78, 5) is 34.3. The van der Waals surface area contributed by atoms with Crippen LogP contribution in [0.3, 0.4) is 0 Å². The minimum atomic E-state index is -1.14. The van der Waals surface area contributed by atoms with Gasteiger partial charge in [0.2, 0.25) is 6.10 Å². The number of hydrogen-bond acceptors (Lipinski definition) is 6. The number of rotatable bonds is 7. The number of aromatic nitrogens is 2. The van der Waals surface area contributed by atoms with E-state index in [9.17, 15) is 9.59 Å². The molecule has 0 saturated carbocycles. The van der Waals surface area contributed by atoms with Crippen molar-refractivity contribution >= 4 is 34.7 Å². The van der Waals surface area contributed by atoms with Crippen molar-refractivity contribution < 1.29 is 19.1 Å². The van der Waals surface area contributed by atoms with Gasteiger partial charge in [0.05, 0.1) is 30.0 Å². The van der Waals surface area contributed by atoms with E-state index in [0.29, 0.717) is 28.2 Å². The first-order valence-electron chi connectivity index (χ1n) is 10.2. The Labute approximate surface area is 190 Å². The third-order valence-corrected chi connectivity index (χ3v) is 4.77. The average molecular weight is 439 g/mol. The fraction of sp³-hybridized carbons (Fsp3) is 0.0769. The molecule has 1 N–H and O–H groups in total. The monoisotopic (exact) mass is 439 g/mol. The number of methoxy groups -OCH3 is 1. The zero-order valence-electron chi connectivity index (χ0n) is 17.8. The molecule has 0 unspecified atom stereocenters. The summed E-state index contributed by atoms with van der Waals surface area (Å²) in [6.07, 6.45) is 3.16. The molecule has 0 aliphatic carbocycles. The Morgan fingerprint density at radius 3 is 2.48 bits per heavy atom. The zero-order chi connectivity index (χ0) is 23.0. The SMILES string of the molecule is COc1cccc(NC(=O)[C@H](OC(=O)/C=C/c2cnc3ccccc3n2)c2ccccc2)c1. The highest BCUT2D eigenvalue weighted by Gasteiger charge is 2.24. The number of anilines is 1. The molecule has 1 aromatic heterocycles. The molecule has 33 heavy (non-hydrogen) atoms. The van der Waals surface area contributed by atoms with E-state index in [1.165, 1.54) is 12.2 Å². The number of hydrogen-bond donors (Lipinski definition) is 1. The first-order chi connectivity index (χ1) is 16.1. The van der Waals surface area contributed by atoms with Gasteiger partial charge in [-0.15, -0.1) is 0 Å². The summed E-state index contributed by atoms with van der Waals surface area (Å²) in [6, 6.07) is 23.2. The minimum Gasteiger partial charge on any atom is -0.497 e. The van der Waals surface area contributed by atoms with Crippen molar-refractivity contribution in [2.24, 2.45) is 0 Å². The Balaban J connectivity index is 1.51. The summed E-state index contributed by atoms with van der Waals surface area (Å²) in [5.74, 6) is -0.568. The molecule has 1 amide bonds. The molecule has 4 aromatic rings. The van der Waals surface area contributed by atoms with Gasteiger partial charge < -0.3 is 14.8 Å². The molecular weight excluding hydrogens is 418 g/mol. The van der Waals surface area contributed by atoms with Gasteiger partial charge in [0.1, 0.15) is 5.75 Å². The molecule has 164 valence electrons. The number of amides is 1. The number of benzene rings is 3. The quantitative estimate of drug-likeness (QED) is 0.335. The minimum absolute atomic E-state index is 0.485. The fourth-order valence-corrected chi connectivity index (χ4v) is 3.17. The Morgan fingerprint density at radius 1 is 0.939 bits per heavy atom. The fourth-order valence-electron chi connectivity index (χ4n) is 3.17. The topological polar surface area (TPSA) is 90.4 Å². The van der Waals surface area contributed by atoms with Crippen molar-refractivity contribution in [2.75, 3.05) is 12.4 Å². The van der Waals surface area contributed by atoms with Gasteiger partial charge in [-0.25, -0.2) is 9.78 Å². The molecule has 7 heteroatoms. The molecule has 7 nitrogen and oxygen atoms in total. The van der Waals surface area contributed by atoms with Gasteiger partial charge in [0, 0.05) is 23.4 Å². The maximum atomic E-state index is 13.0. The molecule has 3 aromatic carbocycles. The number of fused-ring (bicyclic) bond motifs is 1. The van der Waals surface area contributed by atoms with Crippen LogP contribution in [0.25, 0.3) is 17.1 Å². The van der Waals surface area contributed by atoms with E-state index in [4.69, 9.17) is 9.47 Å². The van der Waals surface area contributed by atoms with E-state index in [1.807, 2.05) is 30.3 Å². The van der Waals surface area contributed by atoms with Crippen LogP contribution in [0.2, 0.25) is 0 Å². The van der Waals surface area contributed by atoms with Gasteiger partial charge in [-0.1, -0.05) is 48.5 Å². The second-order valence-corrected chi connectivity index (χ2v) is 7.07. The van der Waals surface area contributed by atoms with Crippen molar-refractivity contribution in [2.45, 2.75) is 6.10 Å². The normalized spacial score (nSPS) is 11.8. The Bertz CT molecular complexity index is 1310. The number of ether oxygens (including phenoxy) is 2. The van der Waals surface area contributed by atoms with Crippen molar-refractivity contribution in [3.05, 3.63) is 102 Å². The molecule has 0 fully saturated rings. The van der Waals surface area contributed by atoms with Gasteiger partial charge in [-0.2, -0.15) is 0 Å². The molecule has 0 radical (unpaired) electrons. The van der Waals surface area contributed by atoms with Crippen molar-refractivity contribution in [3.63, 3.8) is 0 Å². The first-order valence-corrected chi connectivity index (χ1v) is 10.2. The number of para-hydroxylation sites is 2. The maximum Gasteiger partial charge on any atom is 0.331 e.